The number of amidine groups is 1. The highest BCUT2D eigenvalue weighted by Gasteiger charge is 2.25. The van der Waals surface area contributed by atoms with Crippen molar-refractivity contribution in [1.82, 2.24) is 0 Å². The van der Waals surface area contributed by atoms with Crippen molar-refractivity contribution in [3.05, 3.63) is 28.7 Å². The van der Waals surface area contributed by atoms with Crippen molar-refractivity contribution in [2.45, 2.75) is 12.8 Å². The molecule has 0 saturated heterocycles. The lowest BCUT2D eigenvalue weighted by Crippen LogP contribution is -2.13. The number of rotatable bonds is 2. The van der Waals surface area contributed by atoms with Crippen LogP contribution in [-0.2, 0) is 0 Å². The molecule has 13 heavy (non-hydrogen) atoms. The molecule has 1 aromatic rings. The highest BCUT2D eigenvalue weighted by atomic mass is 79.9. The zero-order valence-electron chi connectivity index (χ0n) is 7.20. The summed E-state index contributed by atoms with van der Waals surface area (Å²) in [6, 6.07) is 7.86. The number of nitrogens with zero attached hydrogens (tertiary/aromatic N) is 1. The van der Waals surface area contributed by atoms with E-state index < -0.39 is 0 Å². The number of hydrogen-bond acceptors (Lipinski definition) is 1. The van der Waals surface area contributed by atoms with E-state index in [0.717, 1.165) is 16.0 Å². The minimum Gasteiger partial charge on any atom is -0.387 e. The lowest BCUT2D eigenvalue weighted by Gasteiger charge is -1.99. The summed E-state index contributed by atoms with van der Waals surface area (Å²) in [5.74, 6) is 1.30. The normalized spacial score (nSPS) is 17.5. The van der Waals surface area contributed by atoms with Gasteiger partial charge in [0.2, 0.25) is 0 Å². The molecule has 2 N–H and O–H groups in total. The fourth-order valence-corrected chi connectivity index (χ4v) is 1.53. The summed E-state index contributed by atoms with van der Waals surface area (Å²) in [7, 11) is 0. The lowest BCUT2D eigenvalue weighted by atomic mass is 10.3. The lowest BCUT2D eigenvalue weighted by molar-refractivity contribution is 1.15. The summed E-state index contributed by atoms with van der Waals surface area (Å²) in [4.78, 5) is 4.37. The van der Waals surface area contributed by atoms with Gasteiger partial charge in [0.25, 0.3) is 0 Å². The number of aliphatic imine (C=N–C) groups is 1. The molecule has 0 bridgehead atoms. The Morgan fingerprint density at radius 3 is 2.69 bits per heavy atom. The summed E-state index contributed by atoms with van der Waals surface area (Å²) < 4.78 is 0.999. The molecule has 1 saturated carbocycles. The van der Waals surface area contributed by atoms with Crippen molar-refractivity contribution in [2.75, 3.05) is 0 Å². The predicted octanol–water partition coefficient (Wildman–Crippen LogP) is 2.85. The van der Waals surface area contributed by atoms with Gasteiger partial charge in [-0.25, -0.2) is 4.99 Å². The van der Waals surface area contributed by atoms with E-state index in [0.29, 0.717) is 5.92 Å². The number of benzene rings is 1. The molecule has 1 aliphatic carbocycles. The Labute approximate surface area is 86.0 Å². The average Bonchev–Trinajstić information content (AvgIpc) is 2.91. The zero-order chi connectivity index (χ0) is 9.26. The molecule has 0 aromatic heterocycles. The monoisotopic (exact) mass is 238 g/mol. The van der Waals surface area contributed by atoms with E-state index in [9.17, 15) is 0 Å². The Kier molecular flexibility index (Phi) is 2.36. The number of hydrogen-bond donors (Lipinski definition) is 1. The highest BCUT2D eigenvalue weighted by Crippen LogP contribution is 2.31. The molecule has 68 valence electrons. The maximum atomic E-state index is 5.81. The second kappa shape index (κ2) is 3.50. The van der Waals surface area contributed by atoms with Crippen molar-refractivity contribution in [3.63, 3.8) is 0 Å². The van der Waals surface area contributed by atoms with Crippen LogP contribution >= 0.6 is 15.9 Å². The summed E-state index contributed by atoms with van der Waals surface area (Å²) in [6.07, 6.45) is 2.39. The van der Waals surface area contributed by atoms with Crippen molar-refractivity contribution in [2.24, 2.45) is 16.6 Å². The van der Waals surface area contributed by atoms with Crippen molar-refractivity contribution in [1.29, 1.82) is 0 Å². The maximum Gasteiger partial charge on any atom is 0.103 e. The Morgan fingerprint density at radius 2 is 2.08 bits per heavy atom. The van der Waals surface area contributed by atoms with Gasteiger partial charge in [-0.15, -0.1) is 0 Å². The van der Waals surface area contributed by atoms with Crippen molar-refractivity contribution in [3.8, 4) is 0 Å². The molecule has 1 fully saturated rings. The second-order valence-electron chi connectivity index (χ2n) is 3.26. The summed E-state index contributed by atoms with van der Waals surface area (Å²) in [6.45, 7) is 0. The Bertz CT molecular complexity index is 343. The SMILES string of the molecule is NC(=Nc1ccccc1Br)C1CC1. The molecule has 0 heterocycles. The van der Waals surface area contributed by atoms with E-state index in [4.69, 9.17) is 5.73 Å². The number of halogens is 1. The molecular weight excluding hydrogens is 228 g/mol. The summed E-state index contributed by atoms with van der Waals surface area (Å²) in [5, 5.41) is 0. The van der Waals surface area contributed by atoms with Gasteiger partial charge in [0.15, 0.2) is 0 Å². The van der Waals surface area contributed by atoms with Crippen LogP contribution < -0.4 is 5.73 Å². The van der Waals surface area contributed by atoms with Gasteiger partial charge in [-0.3, -0.25) is 0 Å². The Morgan fingerprint density at radius 1 is 1.38 bits per heavy atom. The molecule has 0 amide bonds. The van der Waals surface area contributed by atoms with Gasteiger partial charge in [-0.1, -0.05) is 12.1 Å². The van der Waals surface area contributed by atoms with Crippen LogP contribution in [0.3, 0.4) is 0 Å². The minimum absolute atomic E-state index is 0.534. The zero-order valence-corrected chi connectivity index (χ0v) is 8.79. The number of nitrogens with two attached hydrogens (primary N) is 1. The predicted molar refractivity (Wildman–Crippen MR) is 58.1 cm³/mol. The summed E-state index contributed by atoms with van der Waals surface area (Å²) >= 11 is 3.43. The largest absolute Gasteiger partial charge is 0.387 e. The van der Waals surface area contributed by atoms with E-state index in [1.165, 1.54) is 12.8 Å². The van der Waals surface area contributed by atoms with Gasteiger partial charge >= 0.3 is 0 Å². The van der Waals surface area contributed by atoms with Gasteiger partial charge in [0, 0.05) is 10.4 Å². The second-order valence-corrected chi connectivity index (χ2v) is 4.12. The molecular formula is C10H11BrN2. The molecule has 0 spiro atoms. The first kappa shape index (κ1) is 8.75. The molecule has 0 radical (unpaired) electrons. The fraction of sp³-hybridized carbons (Fsp3) is 0.300. The van der Waals surface area contributed by atoms with Crippen LogP contribution in [0.2, 0.25) is 0 Å². The molecule has 2 rings (SSSR count). The average molecular weight is 239 g/mol. The molecule has 1 aliphatic rings. The molecule has 0 aliphatic heterocycles. The van der Waals surface area contributed by atoms with Gasteiger partial charge in [0.1, 0.15) is 5.84 Å². The first-order valence-electron chi connectivity index (χ1n) is 4.36. The van der Waals surface area contributed by atoms with E-state index in [1.807, 2.05) is 24.3 Å². The third kappa shape index (κ3) is 2.10. The highest BCUT2D eigenvalue weighted by molar-refractivity contribution is 9.10. The smallest absolute Gasteiger partial charge is 0.103 e. The van der Waals surface area contributed by atoms with Crippen LogP contribution in [0.15, 0.2) is 33.7 Å². The van der Waals surface area contributed by atoms with E-state index in [2.05, 4.69) is 20.9 Å². The van der Waals surface area contributed by atoms with Gasteiger partial charge in [-0.2, -0.15) is 0 Å². The van der Waals surface area contributed by atoms with Crippen LogP contribution in [0, 0.1) is 5.92 Å². The first-order chi connectivity index (χ1) is 6.27. The first-order valence-corrected chi connectivity index (χ1v) is 5.15. The number of para-hydroxylation sites is 1. The molecule has 0 unspecified atom stereocenters. The maximum absolute atomic E-state index is 5.81. The molecule has 0 atom stereocenters. The standard InChI is InChI=1S/C10H11BrN2/c11-8-3-1-2-4-9(8)13-10(12)7-5-6-7/h1-4,7H,5-6H2,(H2,12,13). The van der Waals surface area contributed by atoms with Gasteiger partial charge in [0.05, 0.1) is 5.69 Å². The van der Waals surface area contributed by atoms with Gasteiger partial charge < -0.3 is 5.73 Å². The molecule has 3 heteroatoms. The third-order valence-electron chi connectivity index (χ3n) is 2.10. The van der Waals surface area contributed by atoms with Crippen molar-refractivity contribution >= 4 is 27.5 Å². The summed E-state index contributed by atoms with van der Waals surface area (Å²) in [5.41, 5.74) is 6.73. The van der Waals surface area contributed by atoms with E-state index in [1.54, 1.807) is 0 Å². The van der Waals surface area contributed by atoms with E-state index in [-0.39, 0.29) is 0 Å². The van der Waals surface area contributed by atoms with Crippen molar-refractivity contribution < 1.29 is 0 Å². The Hall–Kier alpha value is -0.830. The van der Waals surface area contributed by atoms with Crippen LogP contribution in [0.4, 0.5) is 5.69 Å². The fourth-order valence-electron chi connectivity index (χ4n) is 1.15. The van der Waals surface area contributed by atoms with Gasteiger partial charge in [-0.05, 0) is 40.9 Å². The third-order valence-corrected chi connectivity index (χ3v) is 2.77. The van der Waals surface area contributed by atoms with E-state index >= 15 is 0 Å². The van der Waals surface area contributed by atoms with Crippen LogP contribution in [-0.4, -0.2) is 5.84 Å². The van der Waals surface area contributed by atoms with Crippen LogP contribution in [0.1, 0.15) is 12.8 Å². The minimum atomic E-state index is 0.534. The van der Waals surface area contributed by atoms with Crippen LogP contribution in [0.25, 0.3) is 0 Å². The molecule has 2 nitrogen and oxygen atoms in total. The topological polar surface area (TPSA) is 38.4 Å². The molecule has 1 aromatic carbocycles. The quantitative estimate of drug-likeness (QED) is 0.625. The van der Waals surface area contributed by atoms with Crippen LogP contribution in [0.5, 0.6) is 0 Å². The Balaban J connectivity index is 2.25.